The van der Waals surface area contributed by atoms with Crippen LogP contribution in [0.4, 0.5) is 0 Å². The maximum Gasteiger partial charge on any atom is 0.174 e. The zero-order valence-electron chi connectivity index (χ0n) is 13.0. The van der Waals surface area contributed by atoms with Gasteiger partial charge in [-0.15, -0.1) is 11.3 Å². The molecule has 1 atom stereocenters. The van der Waals surface area contributed by atoms with E-state index in [0.29, 0.717) is 13.0 Å². The monoisotopic (exact) mass is 319 g/mol. The molecule has 0 saturated carbocycles. The van der Waals surface area contributed by atoms with E-state index in [4.69, 9.17) is 4.74 Å². The minimum Gasteiger partial charge on any atom is -0.378 e. The standard InChI is InChI=1S/C16H21N3O2S/c1-12-13(9-17-18(12)2)10-19-5-6-21-11-14(19)8-15(20)16-4-3-7-22-16/h3-4,7,9,14H,5-6,8,10-11H2,1-2H3/t14-/m0/s1. The number of nitrogens with zero attached hydrogens (tertiary/aromatic N) is 3. The highest BCUT2D eigenvalue weighted by Crippen LogP contribution is 2.20. The number of carbonyl (C=O) groups is 1. The fourth-order valence-electron chi connectivity index (χ4n) is 2.76. The Morgan fingerprint density at radius 1 is 1.55 bits per heavy atom. The van der Waals surface area contributed by atoms with E-state index in [-0.39, 0.29) is 11.8 Å². The molecule has 1 saturated heterocycles. The van der Waals surface area contributed by atoms with Crippen LogP contribution in [0.5, 0.6) is 0 Å². The average Bonchev–Trinajstić information content (AvgIpc) is 3.15. The Hall–Kier alpha value is -1.50. The van der Waals surface area contributed by atoms with Gasteiger partial charge >= 0.3 is 0 Å². The molecule has 0 N–H and O–H groups in total. The molecule has 0 amide bonds. The van der Waals surface area contributed by atoms with Gasteiger partial charge in [0.1, 0.15) is 0 Å². The summed E-state index contributed by atoms with van der Waals surface area (Å²) in [6.07, 6.45) is 2.43. The van der Waals surface area contributed by atoms with E-state index < -0.39 is 0 Å². The second-order valence-corrected chi connectivity index (χ2v) is 6.63. The molecule has 1 aliphatic heterocycles. The molecule has 0 aliphatic carbocycles. The predicted molar refractivity (Wildman–Crippen MR) is 86.2 cm³/mol. The van der Waals surface area contributed by atoms with Crippen molar-refractivity contribution < 1.29 is 9.53 Å². The van der Waals surface area contributed by atoms with Crippen molar-refractivity contribution >= 4 is 17.1 Å². The van der Waals surface area contributed by atoms with Crippen molar-refractivity contribution in [2.75, 3.05) is 19.8 Å². The molecule has 5 nitrogen and oxygen atoms in total. The van der Waals surface area contributed by atoms with Gasteiger partial charge in [-0.2, -0.15) is 5.10 Å². The Kier molecular flexibility index (Phi) is 4.71. The van der Waals surface area contributed by atoms with E-state index in [1.54, 1.807) is 0 Å². The van der Waals surface area contributed by atoms with E-state index >= 15 is 0 Å². The zero-order chi connectivity index (χ0) is 15.5. The molecule has 0 spiro atoms. The molecule has 3 heterocycles. The topological polar surface area (TPSA) is 47.4 Å². The maximum atomic E-state index is 12.4. The van der Waals surface area contributed by atoms with E-state index in [2.05, 4.69) is 16.9 Å². The summed E-state index contributed by atoms with van der Waals surface area (Å²) >= 11 is 1.51. The normalized spacial score (nSPS) is 19.5. The molecule has 2 aromatic rings. The van der Waals surface area contributed by atoms with Gasteiger partial charge in [-0.1, -0.05) is 6.07 Å². The van der Waals surface area contributed by atoms with Gasteiger partial charge < -0.3 is 4.74 Å². The summed E-state index contributed by atoms with van der Waals surface area (Å²) in [4.78, 5) is 15.5. The smallest absolute Gasteiger partial charge is 0.174 e. The van der Waals surface area contributed by atoms with Crippen LogP contribution in [0.3, 0.4) is 0 Å². The highest BCUT2D eigenvalue weighted by Gasteiger charge is 2.26. The number of ketones is 1. The van der Waals surface area contributed by atoms with Crippen molar-refractivity contribution in [1.82, 2.24) is 14.7 Å². The van der Waals surface area contributed by atoms with Gasteiger partial charge in [0.25, 0.3) is 0 Å². The van der Waals surface area contributed by atoms with Crippen LogP contribution in [0.1, 0.15) is 27.3 Å². The highest BCUT2D eigenvalue weighted by molar-refractivity contribution is 7.12. The summed E-state index contributed by atoms with van der Waals surface area (Å²) in [7, 11) is 1.95. The number of rotatable bonds is 5. The van der Waals surface area contributed by atoms with Gasteiger partial charge in [0.15, 0.2) is 5.78 Å². The van der Waals surface area contributed by atoms with Crippen LogP contribution in [0.25, 0.3) is 0 Å². The lowest BCUT2D eigenvalue weighted by Gasteiger charge is -2.35. The molecule has 1 aliphatic rings. The Balaban J connectivity index is 1.68. The second kappa shape index (κ2) is 6.73. The van der Waals surface area contributed by atoms with Crippen LogP contribution >= 0.6 is 11.3 Å². The first-order valence-electron chi connectivity index (χ1n) is 7.51. The minimum absolute atomic E-state index is 0.142. The Bertz CT molecular complexity index is 636. The van der Waals surface area contributed by atoms with Gasteiger partial charge in [0, 0.05) is 43.9 Å². The summed E-state index contributed by atoms with van der Waals surface area (Å²) in [5, 5.41) is 6.25. The maximum absolute atomic E-state index is 12.4. The van der Waals surface area contributed by atoms with Gasteiger partial charge in [-0.25, -0.2) is 0 Å². The van der Waals surface area contributed by atoms with E-state index in [0.717, 1.165) is 24.6 Å². The first-order chi connectivity index (χ1) is 10.6. The molecule has 0 bridgehead atoms. The predicted octanol–water partition coefficient (Wildman–Crippen LogP) is 2.26. The Morgan fingerprint density at radius 3 is 3.09 bits per heavy atom. The molecule has 22 heavy (non-hydrogen) atoms. The van der Waals surface area contributed by atoms with E-state index in [1.807, 2.05) is 35.4 Å². The molecule has 3 rings (SSSR count). The Labute approximate surface area is 134 Å². The number of ether oxygens (including phenoxy) is 1. The molecule has 118 valence electrons. The molecular weight excluding hydrogens is 298 g/mol. The van der Waals surface area contributed by atoms with Crippen molar-refractivity contribution in [3.8, 4) is 0 Å². The number of Topliss-reactive ketones (excluding diaryl/α,β-unsaturated/α-hetero) is 1. The molecule has 2 aromatic heterocycles. The fourth-order valence-corrected chi connectivity index (χ4v) is 3.43. The summed E-state index contributed by atoms with van der Waals surface area (Å²) in [6.45, 7) is 5.11. The van der Waals surface area contributed by atoms with Gasteiger partial charge in [0.2, 0.25) is 0 Å². The number of hydrogen-bond acceptors (Lipinski definition) is 5. The minimum atomic E-state index is 0.142. The van der Waals surface area contributed by atoms with E-state index in [1.165, 1.54) is 22.6 Å². The lowest BCUT2D eigenvalue weighted by Crippen LogP contribution is -2.45. The average molecular weight is 319 g/mol. The van der Waals surface area contributed by atoms with E-state index in [9.17, 15) is 4.79 Å². The highest BCUT2D eigenvalue weighted by atomic mass is 32.1. The number of thiophene rings is 1. The summed E-state index contributed by atoms with van der Waals surface area (Å²) < 4.78 is 7.48. The van der Waals surface area contributed by atoms with Crippen LogP contribution < -0.4 is 0 Å². The third kappa shape index (κ3) is 3.29. The van der Waals surface area contributed by atoms with Crippen LogP contribution in [0.15, 0.2) is 23.7 Å². The summed E-state index contributed by atoms with van der Waals surface area (Å²) in [6, 6.07) is 3.96. The van der Waals surface area contributed by atoms with Gasteiger partial charge in [-0.05, 0) is 18.4 Å². The van der Waals surface area contributed by atoms with Crippen molar-refractivity contribution in [1.29, 1.82) is 0 Å². The number of morpholine rings is 1. The quantitative estimate of drug-likeness (QED) is 0.793. The van der Waals surface area contributed by atoms with Crippen molar-refractivity contribution in [3.63, 3.8) is 0 Å². The molecule has 0 unspecified atom stereocenters. The van der Waals surface area contributed by atoms with Gasteiger partial charge in [0.05, 0.1) is 24.3 Å². The molecule has 1 fully saturated rings. The SMILES string of the molecule is Cc1c(CN2CCOC[C@@H]2CC(=O)c2cccs2)cnn1C. The number of carbonyl (C=O) groups excluding carboxylic acids is 1. The van der Waals surface area contributed by atoms with Crippen molar-refractivity contribution in [2.24, 2.45) is 7.05 Å². The summed E-state index contributed by atoms with van der Waals surface area (Å²) in [5.41, 5.74) is 2.40. The lowest BCUT2D eigenvalue weighted by molar-refractivity contribution is -0.0126. The number of aryl methyl sites for hydroxylation is 1. The molecule has 0 radical (unpaired) electrons. The summed E-state index contributed by atoms with van der Waals surface area (Å²) in [5.74, 6) is 0.207. The fraction of sp³-hybridized carbons (Fsp3) is 0.500. The number of aromatic nitrogens is 2. The third-order valence-corrected chi connectivity index (χ3v) is 5.19. The van der Waals surface area contributed by atoms with Crippen molar-refractivity contribution in [3.05, 3.63) is 39.8 Å². The van der Waals surface area contributed by atoms with Crippen LogP contribution in [0, 0.1) is 6.92 Å². The van der Waals surface area contributed by atoms with Crippen molar-refractivity contribution in [2.45, 2.75) is 25.9 Å². The van der Waals surface area contributed by atoms with Gasteiger partial charge in [-0.3, -0.25) is 14.4 Å². The second-order valence-electron chi connectivity index (χ2n) is 5.68. The first-order valence-corrected chi connectivity index (χ1v) is 8.39. The van der Waals surface area contributed by atoms with Crippen LogP contribution in [-0.4, -0.2) is 46.3 Å². The number of hydrogen-bond donors (Lipinski definition) is 0. The largest absolute Gasteiger partial charge is 0.378 e. The third-order valence-electron chi connectivity index (χ3n) is 4.28. The van der Waals surface area contributed by atoms with Crippen LogP contribution in [-0.2, 0) is 18.3 Å². The zero-order valence-corrected chi connectivity index (χ0v) is 13.8. The first kappa shape index (κ1) is 15.4. The molecular formula is C16H21N3O2S. The lowest BCUT2D eigenvalue weighted by atomic mass is 10.1. The Morgan fingerprint density at radius 2 is 2.41 bits per heavy atom. The molecule has 0 aromatic carbocycles. The molecule has 6 heteroatoms. The van der Waals surface area contributed by atoms with Crippen LogP contribution in [0.2, 0.25) is 0 Å².